The first kappa shape index (κ1) is 17.6. The maximum atomic E-state index is 12.8. The Morgan fingerprint density at radius 3 is 2.74 bits per heavy atom. The third-order valence-electron chi connectivity index (χ3n) is 4.59. The molecule has 1 aliphatic rings. The van der Waals surface area contributed by atoms with Crippen LogP contribution in [-0.4, -0.2) is 37.7 Å². The van der Waals surface area contributed by atoms with Crippen molar-refractivity contribution in [2.45, 2.75) is 19.1 Å². The molecule has 8 heteroatoms. The van der Waals surface area contributed by atoms with E-state index in [-0.39, 0.29) is 10.6 Å². The molecule has 0 amide bonds. The van der Waals surface area contributed by atoms with E-state index in [4.69, 9.17) is 11.6 Å². The Hall–Kier alpha value is -2.77. The molecule has 4 rings (SSSR count). The number of fused-ring (bicyclic) bond motifs is 1. The van der Waals surface area contributed by atoms with E-state index in [0.717, 1.165) is 12.0 Å². The van der Waals surface area contributed by atoms with Crippen molar-refractivity contribution in [3.05, 3.63) is 69.9 Å². The van der Waals surface area contributed by atoms with E-state index in [1.165, 1.54) is 6.33 Å². The first-order valence-electron chi connectivity index (χ1n) is 8.70. The Morgan fingerprint density at radius 2 is 2.00 bits per heavy atom. The van der Waals surface area contributed by atoms with Crippen LogP contribution >= 0.6 is 11.6 Å². The Bertz CT molecular complexity index is 994. The van der Waals surface area contributed by atoms with Gasteiger partial charge in [0.15, 0.2) is 0 Å². The van der Waals surface area contributed by atoms with Crippen molar-refractivity contribution in [2.75, 3.05) is 18.0 Å². The molecule has 1 aromatic carbocycles. The number of aliphatic hydroxyl groups is 1. The molecule has 2 aromatic heterocycles. The van der Waals surface area contributed by atoms with Crippen LogP contribution in [0.2, 0.25) is 5.02 Å². The van der Waals surface area contributed by atoms with Gasteiger partial charge in [-0.15, -0.1) is 0 Å². The van der Waals surface area contributed by atoms with E-state index in [0.29, 0.717) is 37.0 Å². The molecule has 0 bridgehead atoms. The summed E-state index contributed by atoms with van der Waals surface area (Å²) < 4.78 is 1.56. The van der Waals surface area contributed by atoms with Gasteiger partial charge in [-0.05, 0) is 18.1 Å². The summed E-state index contributed by atoms with van der Waals surface area (Å²) >= 11 is 6.29. The lowest BCUT2D eigenvalue weighted by molar-refractivity contribution is 0.181. The monoisotopic (exact) mass is 383 g/mol. The maximum absolute atomic E-state index is 12.8. The van der Waals surface area contributed by atoms with Crippen LogP contribution in [0.5, 0.6) is 0 Å². The first-order valence-corrected chi connectivity index (χ1v) is 9.07. The molecule has 1 N–H and O–H groups in total. The van der Waals surface area contributed by atoms with Gasteiger partial charge in [-0.25, -0.2) is 15.0 Å². The minimum atomic E-state index is -0.687. The van der Waals surface area contributed by atoms with Crippen molar-refractivity contribution in [1.29, 1.82) is 0 Å². The van der Waals surface area contributed by atoms with Crippen molar-refractivity contribution in [3.63, 3.8) is 0 Å². The Labute approximate surface area is 160 Å². The molecule has 3 aromatic rings. The normalized spacial score (nSPS) is 14.7. The van der Waals surface area contributed by atoms with Crippen molar-refractivity contribution >= 4 is 17.5 Å². The summed E-state index contributed by atoms with van der Waals surface area (Å²) in [6.07, 6.45) is 3.06. The fraction of sp³-hybridized carbons (Fsp3) is 0.263. The van der Waals surface area contributed by atoms with E-state index in [1.54, 1.807) is 16.8 Å². The molecular formula is C19H18ClN5O2. The highest BCUT2D eigenvalue weighted by molar-refractivity contribution is 6.32. The fourth-order valence-corrected chi connectivity index (χ4v) is 3.49. The van der Waals surface area contributed by atoms with E-state index in [2.05, 4.69) is 15.0 Å². The zero-order valence-corrected chi connectivity index (χ0v) is 15.3. The second-order valence-corrected chi connectivity index (χ2v) is 6.73. The first-order chi connectivity index (χ1) is 13.1. The predicted octanol–water partition coefficient (Wildman–Crippen LogP) is 2.30. The van der Waals surface area contributed by atoms with E-state index in [9.17, 15) is 9.90 Å². The number of anilines is 1. The summed E-state index contributed by atoms with van der Waals surface area (Å²) in [6.45, 7) is 1.57. The van der Waals surface area contributed by atoms with Crippen LogP contribution < -0.4 is 10.5 Å². The SMILES string of the molecule is O=c1c(Cl)c(-c2ccncn2)nc2n1CCCN2C[C@H](O)c1ccccc1. The molecule has 0 aliphatic carbocycles. The van der Waals surface area contributed by atoms with Gasteiger partial charge >= 0.3 is 0 Å². The average molecular weight is 384 g/mol. The molecule has 1 atom stereocenters. The third-order valence-corrected chi connectivity index (χ3v) is 4.93. The number of nitrogens with zero attached hydrogens (tertiary/aromatic N) is 5. The van der Waals surface area contributed by atoms with E-state index >= 15 is 0 Å². The smallest absolute Gasteiger partial charge is 0.274 e. The molecule has 1 aliphatic heterocycles. The van der Waals surface area contributed by atoms with E-state index < -0.39 is 6.10 Å². The minimum absolute atomic E-state index is 0.0444. The third kappa shape index (κ3) is 3.43. The quantitative estimate of drug-likeness (QED) is 0.744. The molecule has 3 heterocycles. The second kappa shape index (κ2) is 7.46. The van der Waals surface area contributed by atoms with Crippen LogP contribution in [0.1, 0.15) is 18.1 Å². The van der Waals surface area contributed by atoms with E-state index in [1.807, 2.05) is 35.2 Å². The van der Waals surface area contributed by atoms with Gasteiger partial charge in [0.05, 0.1) is 18.3 Å². The molecule has 0 unspecified atom stereocenters. The fourth-order valence-electron chi connectivity index (χ4n) is 3.25. The predicted molar refractivity (Wildman–Crippen MR) is 103 cm³/mol. The molecule has 7 nitrogen and oxygen atoms in total. The molecule has 138 valence electrons. The van der Waals surface area contributed by atoms with Crippen LogP contribution in [0.15, 0.2) is 53.7 Å². The van der Waals surface area contributed by atoms with Gasteiger partial charge in [0.2, 0.25) is 5.95 Å². The number of β-amino-alcohol motifs (C(OH)–C–C–N with tert-alkyl or cyclic N) is 1. The highest BCUT2D eigenvalue weighted by Crippen LogP contribution is 2.27. The summed E-state index contributed by atoms with van der Waals surface area (Å²) in [5, 5.41) is 10.6. The molecule has 0 saturated carbocycles. The van der Waals surface area contributed by atoms with Crippen molar-refractivity contribution < 1.29 is 5.11 Å². The summed E-state index contributed by atoms with van der Waals surface area (Å²) in [5.74, 6) is 0.499. The number of benzene rings is 1. The van der Waals surface area contributed by atoms with Gasteiger partial charge in [0.1, 0.15) is 17.0 Å². The van der Waals surface area contributed by atoms with Crippen molar-refractivity contribution in [2.24, 2.45) is 0 Å². The number of aliphatic hydroxyl groups excluding tert-OH is 1. The second-order valence-electron chi connectivity index (χ2n) is 6.35. The number of rotatable bonds is 4. The minimum Gasteiger partial charge on any atom is -0.387 e. The lowest BCUT2D eigenvalue weighted by Gasteiger charge is -2.32. The Morgan fingerprint density at radius 1 is 1.19 bits per heavy atom. The molecular weight excluding hydrogens is 366 g/mol. The van der Waals surface area contributed by atoms with Crippen molar-refractivity contribution in [3.8, 4) is 11.4 Å². The van der Waals surface area contributed by atoms with Gasteiger partial charge in [0.25, 0.3) is 5.56 Å². The lowest BCUT2D eigenvalue weighted by atomic mass is 10.1. The van der Waals surface area contributed by atoms with Crippen LogP contribution in [-0.2, 0) is 6.54 Å². The topological polar surface area (TPSA) is 84.1 Å². The highest BCUT2D eigenvalue weighted by Gasteiger charge is 2.26. The number of hydrogen-bond acceptors (Lipinski definition) is 6. The zero-order valence-electron chi connectivity index (χ0n) is 14.5. The Balaban J connectivity index is 1.73. The zero-order chi connectivity index (χ0) is 18.8. The molecule has 27 heavy (non-hydrogen) atoms. The van der Waals surface area contributed by atoms with Crippen LogP contribution in [0, 0.1) is 0 Å². The standard InChI is InChI=1S/C19H18ClN5O2/c20-16-17(14-7-8-21-12-22-14)23-19-24(9-4-10-25(19)18(16)27)11-15(26)13-5-2-1-3-6-13/h1-3,5-8,12,15,26H,4,9-11H2/t15-/m0/s1. The van der Waals surface area contributed by atoms with Gasteiger partial charge in [-0.3, -0.25) is 9.36 Å². The van der Waals surface area contributed by atoms with Gasteiger partial charge < -0.3 is 10.0 Å². The summed E-state index contributed by atoms with van der Waals surface area (Å²) in [4.78, 5) is 27.4. The van der Waals surface area contributed by atoms with Gasteiger partial charge in [-0.2, -0.15) is 0 Å². The molecule has 0 fully saturated rings. The molecule has 0 spiro atoms. The molecule has 0 radical (unpaired) electrons. The van der Waals surface area contributed by atoms with Gasteiger partial charge in [0, 0.05) is 19.3 Å². The summed E-state index contributed by atoms with van der Waals surface area (Å²) in [6, 6.07) is 11.1. The summed E-state index contributed by atoms with van der Waals surface area (Å²) in [5.41, 5.74) is 1.34. The van der Waals surface area contributed by atoms with Gasteiger partial charge in [-0.1, -0.05) is 41.9 Å². The molecule has 0 saturated heterocycles. The summed E-state index contributed by atoms with van der Waals surface area (Å²) in [7, 11) is 0. The number of hydrogen-bond donors (Lipinski definition) is 1. The van der Waals surface area contributed by atoms with Crippen LogP contribution in [0.3, 0.4) is 0 Å². The maximum Gasteiger partial charge on any atom is 0.274 e. The number of halogens is 1. The van der Waals surface area contributed by atoms with Crippen LogP contribution in [0.4, 0.5) is 5.95 Å². The lowest BCUT2D eigenvalue weighted by Crippen LogP contribution is -2.41. The highest BCUT2D eigenvalue weighted by atomic mass is 35.5. The Kier molecular flexibility index (Phi) is 4.87. The van der Waals surface area contributed by atoms with Crippen LogP contribution in [0.25, 0.3) is 11.4 Å². The van der Waals surface area contributed by atoms with Crippen molar-refractivity contribution in [1.82, 2.24) is 19.5 Å². The largest absolute Gasteiger partial charge is 0.387 e. The average Bonchev–Trinajstić information content (AvgIpc) is 2.72. The number of aromatic nitrogens is 4.